The van der Waals surface area contributed by atoms with Gasteiger partial charge in [-0.3, -0.25) is 4.79 Å². The molecule has 0 fully saturated rings. The monoisotopic (exact) mass is 418 g/mol. The van der Waals surface area contributed by atoms with Gasteiger partial charge in [0.1, 0.15) is 0 Å². The second kappa shape index (κ2) is 11.8. The van der Waals surface area contributed by atoms with E-state index in [2.05, 4.69) is 0 Å². The summed E-state index contributed by atoms with van der Waals surface area (Å²) in [5, 5.41) is 23.8. The van der Waals surface area contributed by atoms with Gasteiger partial charge in [-0.05, 0) is 52.8 Å². The van der Waals surface area contributed by atoms with Gasteiger partial charge in [0, 0.05) is 5.56 Å². The average Bonchev–Trinajstić information content (AvgIpc) is 2.70. The number of carbonyl (C=O) groups excluding carboxylic acids is 2. The van der Waals surface area contributed by atoms with Gasteiger partial charge in [-0.25, -0.2) is 0 Å². The molecule has 0 saturated heterocycles. The Balaban J connectivity index is 0.00000225. The van der Waals surface area contributed by atoms with Crippen LogP contribution in [0.3, 0.4) is 0 Å². The zero-order chi connectivity index (χ0) is 20.3. The smallest absolute Gasteiger partial charge is 0.872 e. The molecule has 6 heteroatoms. The van der Waals surface area contributed by atoms with Crippen LogP contribution in [-0.4, -0.2) is 11.8 Å². The fraction of sp³-hybridized carbons (Fsp3) is 0.167. The molecule has 0 saturated carbocycles. The Kier molecular flexibility index (Phi) is 10.5. The van der Waals surface area contributed by atoms with Gasteiger partial charge in [-0.2, -0.15) is 0 Å². The number of carboxylic acid groups (broad SMARTS) is 1. The summed E-state index contributed by atoms with van der Waals surface area (Å²) >= 11 is 0. The molecule has 4 nitrogen and oxygen atoms in total. The maximum absolute atomic E-state index is 12.1. The van der Waals surface area contributed by atoms with E-state index in [-0.39, 0.29) is 76.2 Å². The van der Waals surface area contributed by atoms with Crippen LogP contribution in [0, 0.1) is 0 Å². The van der Waals surface area contributed by atoms with Crippen molar-refractivity contribution in [3.8, 4) is 5.75 Å². The molecule has 0 aromatic heterocycles. The van der Waals surface area contributed by atoms with Crippen molar-refractivity contribution in [3.63, 3.8) is 0 Å². The van der Waals surface area contributed by atoms with E-state index < -0.39 is 5.97 Å². The number of allylic oxidation sites excluding steroid dienone is 5. The number of aromatic carboxylic acids is 1. The molecule has 0 bridgehead atoms. The average molecular weight is 418 g/mol. The van der Waals surface area contributed by atoms with Crippen LogP contribution in [0.4, 0.5) is 0 Å². The zero-order valence-electron chi connectivity index (χ0n) is 17.8. The first-order valence-electron chi connectivity index (χ1n) is 9.24. The van der Waals surface area contributed by atoms with Crippen LogP contribution < -0.4 is 69.3 Å². The molecule has 3 rings (SSSR count). The second-order valence-corrected chi connectivity index (χ2v) is 6.56. The minimum Gasteiger partial charge on any atom is -0.872 e. The van der Waals surface area contributed by atoms with Crippen molar-refractivity contribution in [3.05, 3.63) is 94.1 Å². The molecule has 1 aliphatic carbocycles. The van der Waals surface area contributed by atoms with Crippen molar-refractivity contribution in [2.75, 3.05) is 0 Å². The number of aryl methyl sites for hydroxylation is 1. The fourth-order valence-corrected chi connectivity index (χ4v) is 3.38. The molecule has 0 aliphatic heterocycles. The maximum atomic E-state index is 12.1. The second-order valence-electron chi connectivity index (χ2n) is 6.56. The van der Waals surface area contributed by atoms with Crippen molar-refractivity contribution < 1.29 is 78.9 Å². The number of carboxylic acids is 1. The third kappa shape index (κ3) is 5.64. The summed E-state index contributed by atoms with van der Waals surface area (Å²) in [6.07, 6.45) is 6.13. The van der Waals surface area contributed by atoms with Crippen molar-refractivity contribution in [1.82, 2.24) is 0 Å². The first-order valence-corrected chi connectivity index (χ1v) is 9.24. The van der Waals surface area contributed by atoms with Gasteiger partial charge in [-0.15, -0.1) is 5.75 Å². The molecule has 2 aromatic rings. The molecule has 0 heterocycles. The Hall–Kier alpha value is -1.40. The molecule has 0 spiro atoms. The zero-order valence-corrected chi connectivity index (χ0v) is 21.8. The molecule has 0 atom stereocenters. The number of carbonyl (C=O) groups is 2. The SMILES string of the molecule is CCC1=C/C(=C(\c2ccc([O-])c(CC)c2)c2ccccc2C(=O)[O-])C=CC1=O.[Na+].[Na+]. The van der Waals surface area contributed by atoms with Gasteiger partial charge in [-0.1, -0.05) is 68.0 Å². The Labute approximate surface area is 221 Å². The van der Waals surface area contributed by atoms with Gasteiger partial charge < -0.3 is 15.0 Å². The first-order chi connectivity index (χ1) is 13.5. The van der Waals surface area contributed by atoms with Gasteiger partial charge in [0.25, 0.3) is 0 Å². The van der Waals surface area contributed by atoms with E-state index in [0.29, 0.717) is 35.1 Å². The van der Waals surface area contributed by atoms with Crippen LogP contribution in [-0.2, 0) is 11.2 Å². The maximum Gasteiger partial charge on any atom is 1.00 e. The third-order valence-corrected chi connectivity index (χ3v) is 4.88. The van der Waals surface area contributed by atoms with Crippen molar-refractivity contribution >= 4 is 17.3 Å². The fourth-order valence-electron chi connectivity index (χ4n) is 3.38. The minimum atomic E-state index is -1.28. The largest absolute Gasteiger partial charge is 1.00 e. The molecule has 30 heavy (non-hydrogen) atoms. The van der Waals surface area contributed by atoms with E-state index in [1.807, 2.05) is 13.8 Å². The van der Waals surface area contributed by atoms with Gasteiger partial charge in [0.15, 0.2) is 5.78 Å². The van der Waals surface area contributed by atoms with E-state index in [1.165, 1.54) is 18.2 Å². The van der Waals surface area contributed by atoms with Gasteiger partial charge >= 0.3 is 59.1 Å². The normalized spacial score (nSPS) is 14.3. The summed E-state index contributed by atoms with van der Waals surface area (Å²) in [6.45, 7) is 3.80. The summed E-state index contributed by atoms with van der Waals surface area (Å²) in [6, 6.07) is 11.6. The third-order valence-electron chi connectivity index (χ3n) is 4.88. The van der Waals surface area contributed by atoms with E-state index in [4.69, 9.17) is 0 Å². The summed E-state index contributed by atoms with van der Waals surface area (Å²) < 4.78 is 0. The molecular formula is C24H20Na2O4. The van der Waals surface area contributed by atoms with Crippen LogP contribution in [0.25, 0.3) is 5.57 Å². The van der Waals surface area contributed by atoms with E-state index in [1.54, 1.807) is 42.5 Å². The standard InChI is InChI=1S/C24H22O4.2Na/c1-3-15-13-17(9-11-21(15)25)23(18-10-12-22(26)16(4-2)14-18)19-7-5-6-8-20(19)24(27)28;;/h5-14,25H,3-4H2,1-2H3,(H,27,28);;/q;2*+1/p-2/b23-18+;;. The Morgan fingerprint density at radius 2 is 1.60 bits per heavy atom. The molecule has 0 unspecified atom stereocenters. The van der Waals surface area contributed by atoms with Crippen molar-refractivity contribution in [2.45, 2.75) is 26.7 Å². The number of benzene rings is 2. The minimum absolute atomic E-state index is 0. The molecule has 0 amide bonds. The predicted molar refractivity (Wildman–Crippen MR) is 105 cm³/mol. The van der Waals surface area contributed by atoms with Crippen LogP contribution in [0.5, 0.6) is 5.75 Å². The quantitative estimate of drug-likeness (QED) is 0.484. The summed E-state index contributed by atoms with van der Waals surface area (Å²) in [5.74, 6) is -1.38. The predicted octanol–water partition coefficient (Wildman–Crippen LogP) is -3.03. The van der Waals surface area contributed by atoms with Crippen LogP contribution >= 0.6 is 0 Å². The van der Waals surface area contributed by atoms with Crippen molar-refractivity contribution in [2.24, 2.45) is 0 Å². The molecule has 2 aromatic carbocycles. The Morgan fingerprint density at radius 3 is 2.20 bits per heavy atom. The van der Waals surface area contributed by atoms with Crippen LogP contribution in [0.1, 0.15) is 47.3 Å². The van der Waals surface area contributed by atoms with E-state index >= 15 is 0 Å². The number of hydrogen-bond donors (Lipinski definition) is 0. The molecule has 0 radical (unpaired) electrons. The summed E-state index contributed by atoms with van der Waals surface area (Å²) in [4.78, 5) is 23.8. The molecular weight excluding hydrogens is 398 g/mol. The van der Waals surface area contributed by atoms with Crippen LogP contribution in [0.15, 0.2) is 71.8 Å². The number of ketones is 1. The Bertz CT molecular complexity index is 1050. The van der Waals surface area contributed by atoms with Crippen LogP contribution in [0.2, 0.25) is 0 Å². The topological polar surface area (TPSA) is 80.3 Å². The molecule has 1 aliphatic rings. The number of hydrogen-bond acceptors (Lipinski definition) is 4. The van der Waals surface area contributed by atoms with Crippen molar-refractivity contribution in [1.29, 1.82) is 0 Å². The number of rotatable bonds is 5. The van der Waals surface area contributed by atoms with E-state index in [0.717, 1.165) is 11.1 Å². The summed E-state index contributed by atoms with van der Waals surface area (Å²) in [7, 11) is 0. The first kappa shape index (κ1) is 26.6. The molecule has 142 valence electrons. The summed E-state index contributed by atoms with van der Waals surface area (Å²) in [5.41, 5.74) is 3.96. The van der Waals surface area contributed by atoms with Gasteiger partial charge in [0.05, 0.1) is 5.97 Å². The van der Waals surface area contributed by atoms with E-state index in [9.17, 15) is 19.8 Å². The molecule has 0 N–H and O–H groups in total. The van der Waals surface area contributed by atoms with Gasteiger partial charge in [0.2, 0.25) is 0 Å². The Morgan fingerprint density at radius 1 is 0.933 bits per heavy atom.